The molecular formula is C19H17F5N3O2-. The number of halogens is 5. The number of benzene rings is 1. The highest BCUT2D eigenvalue weighted by Crippen LogP contribution is 2.46. The average Bonchev–Trinajstić information content (AvgIpc) is 2.62. The van der Waals surface area contributed by atoms with Crippen molar-refractivity contribution >= 4 is 11.6 Å². The fourth-order valence-electron chi connectivity index (χ4n) is 3.19. The zero-order valence-corrected chi connectivity index (χ0v) is 15.2. The Kier molecular flexibility index (Phi) is 5.38. The standard InChI is InChI=1S/C19H18F5N3O2/c1-9(10-3-2-4-11(16(10)20)17(21)22)26-18(29)12-8-27(15(28)7-13(12)25)14-5-6-19(14,23)24/h2-4,7-9,14,17H,5-6,25H2,1H3,(H,26,29)/p-1/t9-,14-/m1/s1. The van der Waals surface area contributed by atoms with E-state index in [1.807, 2.05) is 0 Å². The first-order chi connectivity index (χ1) is 13.5. The van der Waals surface area contributed by atoms with Crippen molar-refractivity contribution in [3.8, 4) is 0 Å². The number of nitrogens with zero attached hydrogens (tertiary/aromatic N) is 2. The molecule has 0 amide bonds. The molecule has 156 valence electrons. The van der Waals surface area contributed by atoms with Gasteiger partial charge in [-0.2, -0.15) is 0 Å². The summed E-state index contributed by atoms with van der Waals surface area (Å²) in [5.41, 5.74) is 3.27. The maximum atomic E-state index is 14.3. The van der Waals surface area contributed by atoms with Gasteiger partial charge < -0.3 is 15.4 Å². The second-order valence-electron chi connectivity index (χ2n) is 6.86. The molecule has 1 fully saturated rings. The Bertz CT molecular complexity index is 1020. The van der Waals surface area contributed by atoms with Crippen LogP contribution < -0.4 is 16.4 Å². The second-order valence-corrected chi connectivity index (χ2v) is 6.86. The Labute approximate surface area is 162 Å². The molecule has 1 aromatic carbocycles. The minimum absolute atomic E-state index is 0.0592. The lowest BCUT2D eigenvalue weighted by atomic mass is 9.87. The molecule has 2 atom stereocenters. The number of anilines is 1. The summed E-state index contributed by atoms with van der Waals surface area (Å²) in [7, 11) is 0. The summed E-state index contributed by atoms with van der Waals surface area (Å²) < 4.78 is 68.1. The number of nitrogens with two attached hydrogens (primary N) is 1. The minimum atomic E-state index is -3.08. The highest BCUT2D eigenvalue weighted by atomic mass is 19.3. The Balaban J connectivity index is 1.98. The average molecular weight is 414 g/mol. The van der Waals surface area contributed by atoms with Crippen molar-refractivity contribution in [1.82, 2.24) is 4.57 Å². The first-order valence-corrected chi connectivity index (χ1v) is 8.74. The normalized spacial score (nSPS) is 19.8. The Hall–Kier alpha value is -2.91. The maximum Gasteiger partial charge on any atom is 0.268 e. The summed E-state index contributed by atoms with van der Waals surface area (Å²) in [5.74, 6) is -5.24. The van der Waals surface area contributed by atoms with Crippen molar-refractivity contribution in [3.05, 3.63) is 63.3 Å². The third-order valence-corrected chi connectivity index (χ3v) is 4.97. The highest BCUT2D eigenvalue weighted by molar-refractivity contribution is 5.95. The predicted octanol–water partition coefficient (Wildman–Crippen LogP) is 3.35. The molecule has 1 aliphatic carbocycles. The molecule has 3 rings (SSSR count). The largest absolute Gasteiger partial charge is 0.858 e. The van der Waals surface area contributed by atoms with Gasteiger partial charge in [-0.1, -0.05) is 18.2 Å². The van der Waals surface area contributed by atoms with Crippen LogP contribution in [-0.2, 0) is 0 Å². The van der Waals surface area contributed by atoms with Crippen LogP contribution in [0.1, 0.15) is 55.0 Å². The lowest BCUT2D eigenvalue weighted by molar-refractivity contribution is -0.213. The molecule has 0 aliphatic heterocycles. The summed E-state index contributed by atoms with van der Waals surface area (Å²) in [6, 6.07) is 1.65. The van der Waals surface area contributed by atoms with E-state index >= 15 is 0 Å². The van der Waals surface area contributed by atoms with Crippen LogP contribution in [0.25, 0.3) is 0 Å². The predicted molar refractivity (Wildman–Crippen MR) is 94.6 cm³/mol. The molecule has 29 heavy (non-hydrogen) atoms. The molecule has 0 spiro atoms. The first-order valence-electron chi connectivity index (χ1n) is 8.74. The van der Waals surface area contributed by atoms with Crippen molar-refractivity contribution in [2.24, 2.45) is 4.99 Å². The molecule has 1 aromatic heterocycles. The van der Waals surface area contributed by atoms with Gasteiger partial charge in [0.15, 0.2) is 0 Å². The summed E-state index contributed by atoms with van der Waals surface area (Å²) in [6.45, 7) is 1.32. The van der Waals surface area contributed by atoms with E-state index in [0.29, 0.717) is 0 Å². The fourth-order valence-corrected chi connectivity index (χ4v) is 3.19. The number of hydrogen-bond donors (Lipinski definition) is 1. The van der Waals surface area contributed by atoms with E-state index in [4.69, 9.17) is 5.73 Å². The van der Waals surface area contributed by atoms with Crippen LogP contribution in [0, 0.1) is 5.82 Å². The molecule has 1 saturated carbocycles. The van der Waals surface area contributed by atoms with E-state index in [1.54, 1.807) is 0 Å². The van der Waals surface area contributed by atoms with Crippen molar-refractivity contribution < 1.29 is 27.1 Å². The number of aliphatic imine (C=N–C) groups is 1. The van der Waals surface area contributed by atoms with Gasteiger partial charge in [0.1, 0.15) is 11.9 Å². The molecule has 2 N–H and O–H groups in total. The van der Waals surface area contributed by atoms with Gasteiger partial charge in [-0.25, -0.2) is 22.0 Å². The molecule has 10 heteroatoms. The van der Waals surface area contributed by atoms with Gasteiger partial charge in [0.25, 0.3) is 17.9 Å². The second kappa shape index (κ2) is 7.49. The first kappa shape index (κ1) is 20.8. The third-order valence-electron chi connectivity index (χ3n) is 4.97. The summed E-state index contributed by atoms with van der Waals surface area (Å²) >= 11 is 0. The van der Waals surface area contributed by atoms with Gasteiger partial charge in [0, 0.05) is 35.5 Å². The monoisotopic (exact) mass is 414 g/mol. The van der Waals surface area contributed by atoms with Gasteiger partial charge in [0.2, 0.25) is 0 Å². The zero-order chi connectivity index (χ0) is 21.5. The topological polar surface area (TPSA) is 83.4 Å². The highest BCUT2D eigenvalue weighted by Gasteiger charge is 2.49. The molecule has 1 heterocycles. The number of rotatable bonds is 5. The van der Waals surface area contributed by atoms with Crippen LogP contribution in [0.2, 0.25) is 0 Å². The SMILES string of the molecule is C[C@@H](N=C([O-])c1cn([C@@H]2CCC2(F)F)c(=O)cc1N)c1cccc(C(F)F)c1F. The van der Waals surface area contributed by atoms with E-state index in [9.17, 15) is 31.9 Å². The van der Waals surface area contributed by atoms with E-state index in [-0.39, 0.29) is 29.7 Å². The maximum absolute atomic E-state index is 14.3. The van der Waals surface area contributed by atoms with Crippen LogP contribution >= 0.6 is 0 Å². The lowest BCUT2D eigenvalue weighted by Gasteiger charge is -2.37. The molecule has 0 unspecified atom stereocenters. The smallest absolute Gasteiger partial charge is 0.268 e. The van der Waals surface area contributed by atoms with Crippen molar-refractivity contribution in [2.75, 3.05) is 5.73 Å². The third kappa shape index (κ3) is 3.83. The zero-order valence-electron chi connectivity index (χ0n) is 15.2. The van der Waals surface area contributed by atoms with Gasteiger partial charge >= 0.3 is 0 Å². The molecule has 5 nitrogen and oxygen atoms in total. The Morgan fingerprint density at radius 3 is 2.55 bits per heavy atom. The molecule has 1 aliphatic rings. The van der Waals surface area contributed by atoms with Crippen molar-refractivity contribution in [1.29, 1.82) is 0 Å². The number of aromatic nitrogens is 1. The van der Waals surface area contributed by atoms with Gasteiger partial charge in [-0.05, 0) is 19.2 Å². The number of nitrogen functional groups attached to an aromatic ring is 1. The van der Waals surface area contributed by atoms with Crippen LogP contribution in [0.3, 0.4) is 0 Å². The van der Waals surface area contributed by atoms with Gasteiger partial charge in [0.05, 0.1) is 11.6 Å². The molecule has 0 saturated heterocycles. The summed E-state index contributed by atoms with van der Waals surface area (Å²) in [4.78, 5) is 15.8. The number of hydrogen-bond acceptors (Lipinski definition) is 4. The van der Waals surface area contributed by atoms with Crippen LogP contribution in [0.5, 0.6) is 0 Å². The van der Waals surface area contributed by atoms with Crippen molar-refractivity contribution in [3.63, 3.8) is 0 Å². The molecule has 0 radical (unpaired) electrons. The van der Waals surface area contributed by atoms with E-state index in [0.717, 1.165) is 22.9 Å². The van der Waals surface area contributed by atoms with Gasteiger partial charge in [-0.15, -0.1) is 0 Å². The van der Waals surface area contributed by atoms with Crippen LogP contribution in [-0.4, -0.2) is 16.4 Å². The molecule has 2 aromatic rings. The number of alkyl halides is 4. The Morgan fingerprint density at radius 1 is 1.34 bits per heavy atom. The van der Waals surface area contributed by atoms with E-state index in [2.05, 4.69) is 4.99 Å². The van der Waals surface area contributed by atoms with Crippen molar-refractivity contribution in [2.45, 2.75) is 44.2 Å². The summed E-state index contributed by atoms with van der Waals surface area (Å²) in [5, 5.41) is 12.5. The quantitative estimate of drug-likeness (QED) is 0.463. The van der Waals surface area contributed by atoms with E-state index < -0.39 is 47.3 Å². The number of pyridine rings is 1. The Morgan fingerprint density at radius 2 is 2.00 bits per heavy atom. The lowest BCUT2D eigenvalue weighted by Crippen LogP contribution is -2.44. The minimum Gasteiger partial charge on any atom is -0.858 e. The molecule has 0 bridgehead atoms. The molecular weight excluding hydrogens is 397 g/mol. The van der Waals surface area contributed by atoms with Gasteiger partial charge in [-0.3, -0.25) is 9.79 Å². The van der Waals surface area contributed by atoms with Crippen LogP contribution in [0.4, 0.5) is 27.6 Å². The van der Waals surface area contributed by atoms with Crippen LogP contribution in [0.15, 0.2) is 40.2 Å². The summed E-state index contributed by atoms with van der Waals surface area (Å²) in [6.07, 6.45) is -2.44. The van der Waals surface area contributed by atoms with E-state index in [1.165, 1.54) is 19.1 Å². The fraction of sp³-hybridized carbons (Fsp3) is 0.368.